The Morgan fingerprint density at radius 2 is 1.00 bits per heavy atom. The monoisotopic (exact) mass is 454 g/mol. The molecule has 0 spiro atoms. The van der Waals surface area contributed by atoms with Gasteiger partial charge in [0.1, 0.15) is 13.1 Å². The third kappa shape index (κ3) is 8.74. The van der Waals surface area contributed by atoms with Crippen LogP contribution in [0.25, 0.3) is 0 Å². The molecule has 0 aromatic carbocycles. The van der Waals surface area contributed by atoms with Crippen LogP contribution in [0.15, 0.2) is 11.0 Å². The summed E-state index contributed by atoms with van der Waals surface area (Å²) < 4.78 is 15.3. The average Bonchev–Trinajstić information content (AvgIpc) is 3.28. The number of aromatic nitrogens is 2. The molecule has 2 heterocycles. The third-order valence-corrected chi connectivity index (χ3v) is 8.22. The van der Waals surface area contributed by atoms with E-state index in [9.17, 15) is 0 Å². The summed E-state index contributed by atoms with van der Waals surface area (Å²) in [6.07, 6.45) is 12.9. The Labute approximate surface area is 191 Å². The molecule has 6 heteroatoms. The molecule has 0 aliphatic rings. The van der Waals surface area contributed by atoms with Crippen LogP contribution < -0.4 is 9.13 Å². The van der Waals surface area contributed by atoms with Gasteiger partial charge >= 0.3 is 0 Å². The Hall–Kier alpha value is -0.820. The van der Waals surface area contributed by atoms with Gasteiger partial charge in [-0.15, -0.1) is 0 Å². The molecule has 0 aliphatic carbocycles. The molecule has 2 aromatic rings. The topological polar surface area (TPSA) is 26.2 Å². The van der Waals surface area contributed by atoms with Crippen molar-refractivity contribution in [3.63, 3.8) is 0 Å². The standard InChI is InChI=1S/C24H42N2O2S2/c1-21-23(13-17-27-3)29-19-25(21)15-11-9-7-5-6-8-10-12-16-26-20-30-24(22(26)2)14-18-28-4/h19-20H,5-18H2,1-4H3/q+2. The minimum atomic E-state index is 0.822. The highest BCUT2D eigenvalue weighted by Crippen LogP contribution is 2.14. The lowest BCUT2D eigenvalue weighted by Crippen LogP contribution is -2.34. The average molecular weight is 455 g/mol. The maximum atomic E-state index is 5.20. The van der Waals surface area contributed by atoms with Gasteiger partial charge in [0.05, 0.1) is 23.0 Å². The Morgan fingerprint density at radius 1 is 0.633 bits per heavy atom. The zero-order chi connectivity index (χ0) is 21.6. The van der Waals surface area contributed by atoms with Gasteiger partial charge in [-0.1, -0.05) is 48.4 Å². The predicted octanol–water partition coefficient (Wildman–Crippen LogP) is 5.20. The summed E-state index contributed by atoms with van der Waals surface area (Å²) >= 11 is 3.75. The number of thiazole rings is 2. The van der Waals surface area contributed by atoms with Gasteiger partial charge in [0.15, 0.2) is 11.4 Å². The number of hydrogen-bond donors (Lipinski definition) is 0. The summed E-state index contributed by atoms with van der Waals surface area (Å²) in [5.74, 6) is 0. The van der Waals surface area contributed by atoms with Gasteiger partial charge in [0.25, 0.3) is 0 Å². The molecule has 2 rings (SSSR count). The summed E-state index contributed by atoms with van der Waals surface area (Å²) in [4.78, 5) is 2.94. The van der Waals surface area contributed by atoms with Crippen molar-refractivity contribution in [2.24, 2.45) is 0 Å². The smallest absolute Gasteiger partial charge is 0.225 e. The van der Waals surface area contributed by atoms with E-state index in [1.807, 2.05) is 22.7 Å². The van der Waals surface area contributed by atoms with E-state index in [0.29, 0.717) is 0 Å². The van der Waals surface area contributed by atoms with Gasteiger partial charge < -0.3 is 9.47 Å². The van der Waals surface area contributed by atoms with Gasteiger partial charge in [0, 0.05) is 53.8 Å². The van der Waals surface area contributed by atoms with Crippen LogP contribution in [0.5, 0.6) is 0 Å². The normalized spacial score (nSPS) is 11.5. The lowest BCUT2D eigenvalue weighted by atomic mass is 10.1. The minimum Gasteiger partial charge on any atom is -0.384 e. The zero-order valence-electron chi connectivity index (χ0n) is 19.6. The molecule has 0 fully saturated rings. The highest BCUT2D eigenvalue weighted by atomic mass is 32.1. The quantitative estimate of drug-likeness (QED) is 0.243. The molecule has 0 atom stereocenters. The first-order valence-corrected chi connectivity index (χ1v) is 13.3. The second-order valence-corrected chi connectivity index (χ2v) is 10.0. The van der Waals surface area contributed by atoms with Crippen LogP contribution in [-0.2, 0) is 35.4 Å². The van der Waals surface area contributed by atoms with Crippen molar-refractivity contribution in [1.82, 2.24) is 0 Å². The van der Waals surface area contributed by atoms with Gasteiger partial charge in [-0.05, 0) is 12.8 Å². The molecule has 0 amide bonds. The molecule has 0 radical (unpaired) electrons. The maximum absolute atomic E-state index is 5.20. The fourth-order valence-corrected chi connectivity index (χ4v) is 5.85. The largest absolute Gasteiger partial charge is 0.384 e. The summed E-state index contributed by atoms with van der Waals surface area (Å²) in [6.45, 7) is 8.47. The fraction of sp³-hybridized carbons (Fsp3) is 0.750. The van der Waals surface area contributed by atoms with Crippen molar-refractivity contribution in [1.29, 1.82) is 0 Å². The number of unbranched alkanes of at least 4 members (excludes halogenated alkanes) is 7. The first kappa shape index (κ1) is 25.4. The zero-order valence-corrected chi connectivity index (χ0v) is 21.2. The molecule has 2 aromatic heterocycles. The molecule has 0 bridgehead atoms. The number of hydrogen-bond acceptors (Lipinski definition) is 4. The third-order valence-electron chi connectivity index (χ3n) is 5.93. The molecule has 170 valence electrons. The van der Waals surface area contributed by atoms with E-state index in [1.54, 1.807) is 14.2 Å². The van der Waals surface area contributed by atoms with E-state index in [4.69, 9.17) is 9.47 Å². The fourth-order valence-electron chi connectivity index (χ4n) is 3.84. The van der Waals surface area contributed by atoms with Crippen LogP contribution in [0, 0.1) is 13.8 Å². The highest BCUT2D eigenvalue weighted by Gasteiger charge is 2.15. The number of aryl methyl sites for hydroxylation is 2. The molecule has 0 saturated carbocycles. The predicted molar refractivity (Wildman–Crippen MR) is 127 cm³/mol. The number of methoxy groups -OCH3 is 2. The Bertz CT molecular complexity index is 652. The van der Waals surface area contributed by atoms with Crippen molar-refractivity contribution < 1.29 is 18.6 Å². The Balaban J connectivity index is 1.47. The van der Waals surface area contributed by atoms with Crippen molar-refractivity contribution in [2.45, 2.75) is 91.1 Å². The minimum absolute atomic E-state index is 0.822. The number of ether oxygens (including phenoxy) is 2. The molecule has 4 nitrogen and oxygen atoms in total. The number of nitrogens with zero attached hydrogens (tertiary/aromatic N) is 2. The van der Waals surface area contributed by atoms with Crippen molar-refractivity contribution in [3.8, 4) is 0 Å². The van der Waals surface area contributed by atoms with Crippen LogP contribution in [0.4, 0.5) is 0 Å². The maximum Gasteiger partial charge on any atom is 0.225 e. The van der Waals surface area contributed by atoms with Crippen LogP contribution in [0.1, 0.15) is 72.5 Å². The van der Waals surface area contributed by atoms with E-state index in [-0.39, 0.29) is 0 Å². The molecule has 0 unspecified atom stereocenters. The summed E-state index contributed by atoms with van der Waals surface area (Å²) in [6, 6.07) is 0. The first-order chi connectivity index (χ1) is 14.7. The van der Waals surface area contributed by atoms with Gasteiger partial charge in [-0.3, -0.25) is 0 Å². The summed E-state index contributed by atoms with van der Waals surface area (Å²) in [7, 11) is 3.56. The molecule has 0 aliphatic heterocycles. The van der Waals surface area contributed by atoms with E-state index in [0.717, 1.165) is 26.1 Å². The molecular weight excluding hydrogens is 412 g/mol. The molecular formula is C24H42N2O2S2+2. The van der Waals surface area contributed by atoms with Crippen LogP contribution in [0.2, 0.25) is 0 Å². The Morgan fingerprint density at radius 3 is 1.37 bits per heavy atom. The van der Waals surface area contributed by atoms with Crippen molar-refractivity contribution in [3.05, 3.63) is 32.2 Å². The lowest BCUT2D eigenvalue weighted by Gasteiger charge is -2.01. The highest BCUT2D eigenvalue weighted by molar-refractivity contribution is 7.09. The van der Waals surface area contributed by atoms with Crippen LogP contribution >= 0.6 is 22.7 Å². The van der Waals surface area contributed by atoms with Crippen molar-refractivity contribution >= 4 is 22.7 Å². The van der Waals surface area contributed by atoms with Gasteiger partial charge in [-0.2, -0.15) is 9.13 Å². The second kappa shape index (κ2) is 15.1. The first-order valence-electron chi connectivity index (χ1n) is 11.6. The van der Waals surface area contributed by atoms with Gasteiger partial charge in [0.2, 0.25) is 11.0 Å². The van der Waals surface area contributed by atoms with Gasteiger partial charge in [-0.25, -0.2) is 0 Å². The van der Waals surface area contributed by atoms with Crippen LogP contribution in [-0.4, -0.2) is 27.4 Å². The number of rotatable bonds is 17. The van der Waals surface area contributed by atoms with E-state index >= 15 is 0 Å². The lowest BCUT2D eigenvalue weighted by molar-refractivity contribution is -0.698. The van der Waals surface area contributed by atoms with E-state index < -0.39 is 0 Å². The van der Waals surface area contributed by atoms with E-state index in [2.05, 4.69) is 34.0 Å². The SMILES string of the molecule is COCCc1sc[n+](CCCCCCCCCC[n+]2csc(CCOC)c2C)c1C. The second-order valence-electron chi connectivity index (χ2n) is 8.16. The molecule has 0 N–H and O–H groups in total. The Kier molecular flexibility index (Phi) is 12.8. The van der Waals surface area contributed by atoms with Crippen molar-refractivity contribution in [2.75, 3.05) is 27.4 Å². The summed E-state index contributed by atoms with van der Waals surface area (Å²) in [5.41, 5.74) is 7.44. The summed E-state index contributed by atoms with van der Waals surface area (Å²) in [5, 5.41) is 0. The van der Waals surface area contributed by atoms with Crippen LogP contribution in [0.3, 0.4) is 0 Å². The van der Waals surface area contributed by atoms with E-state index in [1.165, 1.54) is 85.6 Å². The molecule has 0 saturated heterocycles. The molecule has 30 heavy (non-hydrogen) atoms.